The highest BCUT2D eigenvalue weighted by Crippen LogP contribution is 2.35. The molecule has 1 atom stereocenters. The van der Waals surface area contributed by atoms with E-state index >= 15 is 0 Å². The normalized spacial score (nSPS) is 15.8. The lowest BCUT2D eigenvalue weighted by Crippen LogP contribution is -2.51. The summed E-state index contributed by atoms with van der Waals surface area (Å²) in [6, 6.07) is 9.46. The van der Waals surface area contributed by atoms with Crippen molar-refractivity contribution >= 4 is 50.7 Å². The van der Waals surface area contributed by atoms with E-state index in [1.165, 1.54) is 9.21 Å². The van der Waals surface area contributed by atoms with Crippen LogP contribution >= 0.6 is 23.2 Å². The van der Waals surface area contributed by atoms with E-state index in [1.807, 2.05) is 6.92 Å². The van der Waals surface area contributed by atoms with Crippen LogP contribution in [0.15, 0.2) is 36.4 Å². The molecule has 12 heteroatoms. The third-order valence-electron chi connectivity index (χ3n) is 7.44. The Morgan fingerprint density at radius 3 is 2.34 bits per heavy atom. The number of benzene rings is 2. The SMILES string of the molecule is CCC(C(=O)NC1CCCC1)N(Cc1c(Cl)cccc1Cl)C(=O)CCCN(c1ccc2c(c1)OCCO2)S(C)(=O)=O. The van der Waals surface area contributed by atoms with Crippen LogP contribution in [-0.4, -0.2) is 63.2 Å². The number of halogens is 2. The molecule has 41 heavy (non-hydrogen) atoms. The van der Waals surface area contributed by atoms with Gasteiger partial charge in [-0.25, -0.2) is 8.42 Å². The number of nitrogens with zero attached hydrogens (tertiary/aromatic N) is 2. The number of carbonyl (C=O) groups excluding carboxylic acids is 2. The van der Waals surface area contributed by atoms with E-state index in [2.05, 4.69) is 5.32 Å². The molecule has 2 aliphatic rings. The molecule has 1 heterocycles. The van der Waals surface area contributed by atoms with Crippen molar-refractivity contribution in [2.75, 3.05) is 30.3 Å². The lowest BCUT2D eigenvalue weighted by Gasteiger charge is -2.32. The maximum Gasteiger partial charge on any atom is 0.243 e. The maximum absolute atomic E-state index is 13.7. The topological polar surface area (TPSA) is 105 Å². The molecule has 0 bridgehead atoms. The molecule has 1 unspecified atom stereocenters. The second-order valence-electron chi connectivity index (χ2n) is 10.4. The standard InChI is InChI=1S/C29H37Cl2N3O6S/c1-3-25(29(36)32-20-8-4-5-9-20)33(19-22-23(30)10-6-11-24(22)31)28(35)12-7-15-34(41(2,37)38)21-13-14-26-27(18-21)40-17-16-39-26/h6,10-11,13-14,18,20,25H,3-5,7-9,12,15-17,19H2,1-2H3,(H,32,36). The van der Waals surface area contributed by atoms with Crippen molar-refractivity contribution < 1.29 is 27.5 Å². The minimum Gasteiger partial charge on any atom is -0.486 e. The monoisotopic (exact) mass is 625 g/mol. The van der Waals surface area contributed by atoms with Crippen LogP contribution in [0.3, 0.4) is 0 Å². The van der Waals surface area contributed by atoms with Gasteiger partial charge < -0.3 is 19.7 Å². The molecule has 2 aromatic carbocycles. The van der Waals surface area contributed by atoms with Crippen LogP contribution in [0.25, 0.3) is 0 Å². The van der Waals surface area contributed by atoms with E-state index < -0.39 is 16.1 Å². The number of carbonyl (C=O) groups is 2. The van der Waals surface area contributed by atoms with Crippen LogP contribution in [0.2, 0.25) is 10.0 Å². The molecule has 9 nitrogen and oxygen atoms in total. The van der Waals surface area contributed by atoms with E-state index in [4.69, 9.17) is 32.7 Å². The molecule has 1 saturated carbocycles. The Kier molecular flexibility index (Phi) is 10.7. The van der Waals surface area contributed by atoms with E-state index in [-0.39, 0.29) is 43.8 Å². The van der Waals surface area contributed by atoms with E-state index in [9.17, 15) is 18.0 Å². The first-order valence-electron chi connectivity index (χ1n) is 14.0. The Morgan fingerprint density at radius 2 is 1.71 bits per heavy atom. The van der Waals surface area contributed by atoms with Crippen molar-refractivity contribution in [1.82, 2.24) is 10.2 Å². The minimum absolute atomic E-state index is 0.0197. The van der Waals surface area contributed by atoms with Gasteiger partial charge in [0.15, 0.2) is 11.5 Å². The molecule has 0 saturated heterocycles. The molecule has 1 aliphatic heterocycles. The average molecular weight is 627 g/mol. The minimum atomic E-state index is -3.66. The van der Waals surface area contributed by atoms with Gasteiger partial charge in [-0.15, -0.1) is 0 Å². The first kappa shape index (κ1) is 31.3. The second-order valence-corrected chi connectivity index (χ2v) is 13.1. The predicted octanol–water partition coefficient (Wildman–Crippen LogP) is 5.18. The maximum atomic E-state index is 13.7. The number of anilines is 1. The molecular formula is C29H37Cl2N3O6S. The average Bonchev–Trinajstić information content (AvgIpc) is 3.44. The number of amides is 2. The van der Waals surface area contributed by atoms with E-state index in [1.54, 1.807) is 36.4 Å². The predicted molar refractivity (Wildman–Crippen MR) is 160 cm³/mol. The van der Waals surface area contributed by atoms with Crippen molar-refractivity contribution in [2.24, 2.45) is 0 Å². The van der Waals surface area contributed by atoms with Crippen molar-refractivity contribution in [3.8, 4) is 11.5 Å². The largest absolute Gasteiger partial charge is 0.486 e. The number of hydrogen-bond acceptors (Lipinski definition) is 6. The van der Waals surface area contributed by atoms with Gasteiger partial charge in [-0.1, -0.05) is 49.0 Å². The Bertz CT molecular complexity index is 1330. The summed E-state index contributed by atoms with van der Waals surface area (Å²) < 4.78 is 37.8. The summed E-state index contributed by atoms with van der Waals surface area (Å²) in [5, 5.41) is 3.92. The summed E-state index contributed by atoms with van der Waals surface area (Å²) in [5.74, 6) is 0.536. The zero-order valence-corrected chi connectivity index (χ0v) is 25.7. The van der Waals surface area contributed by atoms with Gasteiger partial charge >= 0.3 is 0 Å². The number of fused-ring (bicyclic) bond motifs is 1. The number of nitrogens with one attached hydrogen (secondary N) is 1. The first-order valence-corrected chi connectivity index (χ1v) is 16.6. The summed E-state index contributed by atoms with van der Waals surface area (Å²) >= 11 is 12.9. The lowest BCUT2D eigenvalue weighted by atomic mass is 10.1. The van der Waals surface area contributed by atoms with Crippen LogP contribution in [0.4, 0.5) is 5.69 Å². The Balaban J connectivity index is 1.51. The molecule has 0 spiro atoms. The highest BCUT2D eigenvalue weighted by molar-refractivity contribution is 7.92. The molecule has 4 rings (SSSR count). The van der Waals surface area contributed by atoms with Crippen molar-refractivity contribution in [3.63, 3.8) is 0 Å². The molecule has 1 aliphatic carbocycles. The van der Waals surface area contributed by atoms with Gasteiger partial charge in [0, 0.05) is 47.2 Å². The summed E-state index contributed by atoms with van der Waals surface area (Å²) in [6.07, 6.45) is 5.76. The molecule has 224 valence electrons. The molecular weight excluding hydrogens is 589 g/mol. The summed E-state index contributed by atoms with van der Waals surface area (Å²) in [4.78, 5) is 28.6. The molecule has 2 aromatic rings. The van der Waals surface area contributed by atoms with Crippen molar-refractivity contribution in [3.05, 3.63) is 52.0 Å². The number of hydrogen-bond donors (Lipinski definition) is 1. The van der Waals surface area contributed by atoms with E-state index in [0.717, 1.165) is 31.9 Å². The van der Waals surface area contributed by atoms with Gasteiger partial charge in [0.05, 0.1) is 11.9 Å². The lowest BCUT2D eigenvalue weighted by molar-refractivity contribution is -0.141. The van der Waals surface area contributed by atoms with Crippen LogP contribution in [-0.2, 0) is 26.2 Å². The zero-order chi connectivity index (χ0) is 29.6. The molecule has 0 radical (unpaired) electrons. The van der Waals surface area contributed by atoms with Gasteiger partial charge in [-0.3, -0.25) is 13.9 Å². The third-order valence-corrected chi connectivity index (χ3v) is 9.35. The number of sulfonamides is 1. The highest BCUT2D eigenvalue weighted by Gasteiger charge is 2.31. The summed E-state index contributed by atoms with van der Waals surface area (Å²) in [5.41, 5.74) is 0.983. The van der Waals surface area contributed by atoms with Gasteiger partial charge in [-0.05, 0) is 49.9 Å². The van der Waals surface area contributed by atoms with Crippen LogP contribution in [0.1, 0.15) is 57.4 Å². The van der Waals surface area contributed by atoms with Gasteiger partial charge in [0.25, 0.3) is 0 Å². The van der Waals surface area contributed by atoms with Gasteiger partial charge in [0.2, 0.25) is 21.8 Å². The highest BCUT2D eigenvalue weighted by atomic mass is 35.5. The Hall–Kier alpha value is -2.69. The quantitative estimate of drug-likeness (QED) is 0.348. The second kappa shape index (κ2) is 14.0. The molecule has 2 amide bonds. The van der Waals surface area contributed by atoms with Crippen LogP contribution in [0.5, 0.6) is 11.5 Å². The Morgan fingerprint density at radius 1 is 1.05 bits per heavy atom. The van der Waals surface area contributed by atoms with E-state index in [0.29, 0.717) is 52.4 Å². The number of rotatable bonds is 12. The van der Waals surface area contributed by atoms with Crippen LogP contribution in [0, 0.1) is 0 Å². The first-order chi connectivity index (χ1) is 19.6. The molecule has 1 N–H and O–H groups in total. The number of ether oxygens (including phenoxy) is 2. The fourth-order valence-corrected chi connectivity index (χ4v) is 6.81. The zero-order valence-electron chi connectivity index (χ0n) is 23.4. The van der Waals surface area contributed by atoms with Crippen molar-refractivity contribution in [1.29, 1.82) is 0 Å². The third kappa shape index (κ3) is 7.99. The summed E-state index contributed by atoms with van der Waals surface area (Å²) in [6.45, 7) is 2.79. The fourth-order valence-electron chi connectivity index (χ4n) is 5.33. The fraction of sp³-hybridized carbons (Fsp3) is 0.517. The van der Waals surface area contributed by atoms with Gasteiger partial charge in [0.1, 0.15) is 19.3 Å². The van der Waals surface area contributed by atoms with Crippen LogP contribution < -0.4 is 19.1 Å². The smallest absolute Gasteiger partial charge is 0.243 e. The summed E-state index contributed by atoms with van der Waals surface area (Å²) in [7, 11) is -3.66. The van der Waals surface area contributed by atoms with Crippen molar-refractivity contribution in [2.45, 2.75) is 70.5 Å². The van der Waals surface area contributed by atoms with Gasteiger partial charge in [-0.2, -0.15) is 0 Å². The Labute approximate surface area is 252 Å². The molecule has 1 fully saturated rings. The molecule has 0 aromatic heterocycles.